The number of anilines is 2. The van der Waals surface area contributed by atoms with Crippen molar-refractivity contribution in [1.82, 2.24) is 0 Å². The molecule has 0 radical (unpaired) electrons. The molecule has 0 fully saturated rings. The van der Waals surface area contributed by atoms with E-state index in [-0.39, 0.29) is 11.4 Å². The molecule has 0 bridgehead atoms. The van der Waals surface area contributed by atoms with E-state index >= 15 is 0 Å². The van der Waals surface area contributed by atoms with Crippen LogP contribution in [-0.2, 0) is 14.8 Å². The van der Waals surface area contributed by atoms with Gasteiger partial charge in [-0.15, -0.1) is 0 Å². The highest BCUT2D eigenvalue weighted by molar-refractivity contribution is 7.92. The lowest BCUT2D eigenvalue weighted by Crippen LogP contribution is -2.45. The predicted molar refractivity (Wildman–Crippen MR) is 111 cm³/mol. The van der Waals surface area contributed by atoms with Crippen LogP contribution in [0, 0.1) is 6.92 Å². The Hall–Kier alpha value is -2.45. The molecule has 0 saturated heterocycles. The molecule has 1 amide bonds. The second-order valence-electron chi connectivity index (χ2n) is 6.24. The standard InChI is InChI=1S/C19H23ClN2O5S/c1-12-6-8-17(26-3)15(10-12)21-19(23)13(2)22(28(5,24)25)16-11-14(20)7-9-18(16)27-4/h6-11,13H,1-5H3,(H,21,23)/t13-/m1/s1. The van der Waals surface area contributed by atoms with Crippen molar-refractivity contribution in [2.45, 2.75) is 19.9 Å². The lowest BCUT2D eigenvalue weighted by Gasteiger charge is -2.29. The number of ether oxygens (including phenoxy) is 2. The van der Waals surface area contributed by atoms with E-state index in [2.05, 4.69) is 5.32 Å². The van der Waals surface area contributed by atoms with E-state index in [1.807, 2.05) is 13.0 Å². The molecule has 28 heavy (non-hydrogen) atoms. The van der Waals surface area contributed by atoms with Crippen LogP contribution >= 0.6 is 11.6 Å². The van der Waals surface area contributed by atoms with Gasteiger partial charge in [0.25, 0.3) is 0 Å². The normalized spacial score (nSPS) is 12.2. The van der Waals surface area contributed by atoms with Crippen LogP contribution in [0.25, 0.3) is 0 Å². The number of aryl methyl sites for hydroxylation is 1. The van der Waals surface area contributed by atoms with Crippen molar-refractivity contribution in [1.29, 1.82) is 0 Å². The molecule has 0 aliphatic rings. The fraction of sp³-hybridized carbons (Fsp3) is 0.316. The Labute approximate surface area is 170 Å². The van der Waals surface area contributed by atoms with Crippen LogP contribution in [0.2, 0.25) is 5.02 Å². The van der Waals surface area contributed by atoms with E-state index in [1.54, 1.807) is 24.3 Å². The van der Waals surface area contributed by atoms with Crippen molar-refractivity contribution < 1.29 is 22.7 Å². The number of carbonyl (C=O) groups is 1. The molecular weight excluding hydrogens is 404 g/mol. The molecular formula is C19H23ClN2O5S. The van der Waals surface area contributed by atoms with Crippen LogP contribution in [0.4, 0.5) is 11.4 Å². The van der Waals surface area contributed by atoms with Gasteiger partial charge in [0.2, 0.25) is 15.9 Å². The average Bonchev–Trinajstić information content (AvgIpc) is 2.61. The second-order valence-corrected chi connectivity index (χ2v) is 8.54. The summed E-state index contributed by atoms with van der Waals surface area (Å²) in [7, 11) is -0.923. The highest BCUT2D eigenvalue weighted by atomic mass is 35.5. The van der Waals surface area contributed by atoms with Gasteiger partial charge in [0.15, 0.2) is 0 Å². The molecule has 152 valence electrons. The van der Waals surface area contributed by atoms with Crippen molar-refractivity contribution in [2.75, 3.05) is 30.1 Å². The Morgan fingerprint density at radius 3 is 2.29 bits per heavy atom. The van der Waals surface area contributed by atoms with Crippen LogP contribution in [0.15, 0.2) is 36.4 Å². The number of amides is 1. The van der Waals surface area contributed by atoms with Gasteiger partial charge in [-0.1, -0.05) is 17.7 Å². The monoisotopic (exact) mass is 426 g/mol. The maximum absolute atomic E-state index is 12.9. The first-order chi connectivity index (χ1) is 13.1. The lowest BCUT2D eigenvalue weighted by molar-refractivity contribution is -0.116. The van der Waals surface area contributed by atoms with Crippen LogP contribution in [0.1, 0.15) is 12.5 Å². The third-order valence-electron chi connectivity index (χ3n) is 4.08. The SMILES string of the molecule is COc1ccc(C)cc1NC(=O)[C@@H](C)N(c1cc(Cl)ccc1OC)S(C)(=O)=O. The fourth-order valence-corrected chi connectivity index (χ4v) is 4.11. The summed E-state index contributed by atoms with van der Waals surface area (Å²) >= 11 is 6.04. The van der Waals surface area contributed by atoms with Gasteiger partial charge in [0.1, 0.15) is 17.5 Å². The number of carbonyl (C=O) groups excluding carboxylic acids is 1. The molecule has 0 aliphatic carbocycles. The van der Waals surface area contributed by atoms with E-state index in [4.69, 9.17) is 21.1 Å². The molecule has 0 spiro atoms. The molecule has 0 saturated carbocycles. The third-order valence-corrected chi connectivity index (χ3v) is 5.54. The highest BCUT2D eigenvalue weighted by Gasteiger charge is 2.32. The molecule has 1 atom stereocenters. The largest absolute Gasteiger partial charge is 0.495 e. The molecule has 2 aromatic rings. The molecule has 0 aliphatic heterocycles. The van der Waals surface area contributed by atoms with Crippen molar-refractivity contribution in [3.63, 3.8) is 0 Å². The number of sulfonamides is 1. The van der Waals surface area contributed by atoms with Crippen molar-refractivity contribution in [3.8, 4) is 11.5 Å². The van der Waals surface area contributed by atoms with Crippen LogP contribution in [0.3, 0.4) is 0 Å². The van der Waals surface area contributed by atoms with Crippen molar-refractivity contribution >= 4 is 38.9 Å². The first-order valence-electron chi connectivity index (χ1n) is 8.37. The van der Waals surface area contributed by atoms with Crippen LogP contribution in [-0.4, -0.2) is 40.8 Å². The number of hydrogen-bond donors (Lipinski definition) is 1. The number of rotatable bonds is 7. The summed E-state index contributed by atoms with van der Waals surface area (Å²) in [5.41, 5.74) is 1.54. The molecule has 2 aromatic carbocycles. The van der Waals surface area contributed by atoms with Gasteiger partial charge in [0.05, 0.1) is 31.9 Å². The first-order valence-corrected chi connectivity index (χ1v) is 10.6. The first kappa shape index (κ1) is 21.8. The van der Waals surface area contributed by atoms with E-state index in [0.29, 0.717) is 16.5 Å². The summed E-state index contributed by atoms with van der Waals surface area (Å²) < 4.78 is 36.5. The fourth-order valence-electron chi connectivity index (χ4n) is 2.77. The van der Waals surface area contributed by atoms with Crippen LogP contribution < -0.4 is 19.1 Å². The molecule has 9 heteroatoms. The summed E-state index contributed by atoms with van der Waals surface area (Å²) in [6, 6.07) is 8.80. The number of benzene rings is 2. The minimum absolute atomic E-state index is 0.177. The molecule has 0 unspecified atom stereocenters. The predicted octanol–water partition coefficient (Wildman–Crippen LogP) is 3.46. The molecule has 2 rings (SSSR count). The van der Waals surface area contributed by atoms with Crippen molar-refractivity contribution in [2.24, 2.45) is 0 Å². The van der Waals surface area contributed by atoms with Gasteiger partial charge < -0.3 is 14.8 Å². The molecule has 7 nitrogen and oxygen atoms in total. The average molecular weight is 427 g/mol. The Morgan fingerprint density at radius 1 is 1.11 bits per heavy atom. The number of halogens is 1. The Bertz CT molecular complexity index is 978. The minimum Gasteiger partial charge on any atom is -0.495 e. The minimum atomic E-state index is -3.83. The van der Waals surface area contributed by atoms with Crippen LogP contribution in [0.5, 0.6) is 11.5 Å². The molecule has 0 heterocycles. The van der Waals surface area contributed by atoms with Gasteiger partial charge in [-0.05, 0) is 49.7 Å². The molecule has 0 aromatic heterocycles. The zero-order valence-corrected chi connectivity index (χ0v) is 17.9. The number of nitrogens with one attached hydrogen (secondary N) is 1. The topological polar surface area (TPSA) is 84.9 Å². The van der Waals surface area contributed by atoms with Gasteiger partial charge in [-0.25, -0.2) is 8.42 Å². The summed E-state index contributed by atoms with van der Waals surface area (Å²) in [6.45, 7) is 3.36. The summed E-state index contributed by atoms with van der Waals surface area (Å²) in [6.07, 6.45) is 1.02. The quantitative estimate of drug-likeness (QED) is 0.732. The number of methoxy groups -OCH3 is 2. The Morgan fingerprint density at radius 2 is 1.71 bits per heavy atom. The summed E-state index contributed by atoms with van der Waals surface area (Å²) in [4.78, 5) is 12.9. The van der Waals surface area contributed by atoms with Gasteiger partial charge in [-0.2, -0.15) is 0 Å². The van der Waals surface area contributed by atoms with Gasteiger partial charge >= 0.3 is 0 Å². The Balaban J connectivity index is 2.45. The van der Waals surface area contributed by atoms with E-state index in [1.165, 1.54) is 27.2 Å². The van der Waals surface area contributed by atoms with Gasteiger partial charge in [0, 0.05) is 5.02 Å². The maximum atomic E-state index is 12.9. The summed E-state index contributed by atoms with van der Waals surface area (Å²) in [5.74, 6) is 0.219. The molecule has 1 N–H and O–H groups in total. The zero-order valence-electron chi connectivity index (χ0n) is 16.3. The van der Waals surface area contributed by atoms with E-state index < -0.39 is 22.0 Å². The number of nitrogens with zero attached hydrogens (tertiary/aromatic N) is 1. The lowest BCUT2D eigenvalue weighted by atomic mass is 10.2. The smallest absolute Gasteiger partial charge is 0.248 e. The van der Waals surface area contributed by atoms with Gasteiger partial charge in [-0.3, -0.25) is 9.10 Å². The van der Waals surface area contributed by atoms with Crippen molar-refractivity contribution in [3.05, 3.63) is 47.0 Å². The highest BCUT2D eigenvalue weighted by Crippen LogP contribution is 2.34. The third kappa shape index (κ3) is 4.88. The van der Waals surface area contributed by atoms with E-state index in [0.717, 1.165) is 16.1 Å². The summed E-state index contributed by atoms with van der Waals surface area (Å²) in [5, 5.41) is 3.05. The zero-order chi connectivity index (χ0) is 21.1. The van der Waals surface area contributed by atoms with E-state index in [9.17, 15) is 13.2 Å². The Kier molecular flexibility index (Phi) is 6.79. The second kappa shape index (κ2) is 8.70. The number of hydrogen-bond acceptors (Lipinski definition) is 5. The maximum Gasteiger partial charge on any atom is 0.248 e.